The van der Waals surface area contributed by atoms with Crippen LogP contribution in [0.1, 0.15) is 11.1 Å². The van der Waals surface area contributed by atoms with Crippen molar-refractivity contribution < 1.29 is 9.18 Å². The largest absolute Gasteiger partial charge is 0.396 e. The summed E-state index contributed by atoms with van der Waals surface area (Å²) in [6.07, 6.45) is 0.351. The molecule has 20 heavy (non-hydrogen) atoms. The molecular weight excluding hydrogens is 279 g/mol. The van der Waals surface area contributed by atoms with Crippen LogP contribution in [-0.2, 0) is 17.8 Å². The molecule has 0 atom stereocenters. The molecule has 0 spiro atoms. The number of hydrogen-bond donors (Lipinski definition) is 1. The molecule has 0 aromatic heterocycles. The molecule has 1 aliphatic heterocycles. The van der Waals surface area contributed by atoms with Crippen molar-refractivity contribution in [3.63, 3.8) is 0 Å². The number of nitrogens with zero attached hydrogens (tertiary/aromatic N) is 1. The molecule has 0 aliphatic carbocycles. The van der Waals surface area contributed by atoms with E-state index in [2.05, 4.69) is 0 Å². The SMILES string of the molecule is Nc1ccc(CN2C(=O)Cc3ccc(Cl)cc32)cc1F. The highest BCUT2D eigenvalue weighted by Gasteiger charge is 2.27. The summed E-state index contributed by atoms with van der Waals surface area (Å²) in [6.45, 7) is 0.309. The first-order valence-electron chi connectivity index (χ1n) is 6.17. The maximum Gasteiger partial charge on any atom is 0.231 e. The summed E-state index contributed by atoms with van der Waals surface area (Å²) in [5, 5.41) is 0.576. The highest BCUT2D eigenvalue weighted by Crippen LogP contribution is 2.32. The summed E-state index contributed by atoms with van der Waals surface area (Å²) in [6, 6.07) is 9.94. The Morgan fingerprint density at radius 2 is 2.05 bits per heavy atom. The van der Waals surface area contributed by atoms with Gasteiger partial charge in [0, 0.05) is 10.7 Å². The highest BCUT2D eigenvalue weighted by atomic mass is 35.5. The zero-order valence-electron chi connectivity index (χ0n) is 10.6. The van der Waals surface area contributed by atoms with Gasteiger partial charge in [0.05, 0.1) is 18.7 Å². The zero-order valence-corrected chi connectivity index (χ0v) is 11.3. The van der Waals surface area contributed by atoms with Crippen molar-refractivity contribution >= 4 is 28.9 Å². The lowest BCUT2D eigenvalue weighted by Crippen LogP contribution is -2.26. The molecule has 2 aromatic rings. The highest BCUT2D eigenvalue weighted by molar-refractivity contribution is 6.31. The second-order valence-electron chi connectivity index (χ2n) is 4.79. The first-order chi connectivity index (χ1) is 9.54. The minimum absolute atomic E-state index is 0.0144. The van der Waals surface area contributed by atoms with Crippen LogP contribution in [0.25, 0.3) is 0 Å². The van der Waals surface area contributed by atoms with Crippen molar-refractivity contribution in [1.29, 1.82) is 0 Å². The summed E-state index contributed by atoms with van der Waals surface area (Å²) in [7, 11) is 0. The van der Waals surface area contributed by atoms with Gasteiger partial charge >= 0.3 is 0 Å². The van der Waals surface area contributed by atoms with Crippen molar-refractivity contribution in [3.8, 4) is 0 Å². The number of nitrogens with two attached hydrogens (primary N) is 1. The van der Waals surface area contributed by atoms with Gasteiger partial charge in [-0.2, -0.15) is 0 Å². The number of nitrogen functional groups attached to an aromatic ring is 1. The number of anilines is 2. The van der Waals surface area contributed by atoms with Gasteiger partial charge in [0.15, 0.2) is 0 Å². The van der Waals surface area contributed by atoms with Gasteiger partial charge in [0.2, 0.25) is 5.91 Å². The molecule has 2 aromatic carbocycles. The molecule has 5 heteroatoms. The average molecular weight is 291 g/mol. The number of carbonyl (C=O) groups is 1. The van der Waals surface area contributed by atoms with Crippen LogP contribution in [0.5, 0.6) is 0 Å². The molecule has 3 rings (SSSR count). The topological polar surface area (TPSA) is 46.3 Å². The van der Waals surface area contributed by atoms with Gasteiger partial charge < -0.3 is 10.6 Å². The summed E-state index contributed by atoms with van der Waals surface area (Å²) in [5.74, 6) is -0.486. The van der Waals surface area contributed by atoms with Crippen molar-refractivity contribution in [2.45, 2.75) is 13.0 Å². The van der Waals surface area contributed by atoms with Crippen LogP contribution in [0, 0.1) is 5.82 Å². The molecule has 1 aliphatic rings. The molecule has 0 saturated carbocycles. The van der Waals surface area contributed by atoms with Gasteiger partial charge in [0.1, 0.15) is 5.82 Å². The van der Waals surface area contributed by atoms with Crippen LogP contribution < -0.4 is 10.6 Å². The second-order valence-corrected chi connectivity index (χ2v) is 5.22. The van der Waals surface area contributed by atoms with Gasteiger partial charge in [-0.25, -0.2) is 4.39 Å². The smallest absolute Gasteiger partial charge is 0.231 e. The van der Waals surface area contributed by atoms with Gasteiger partial charge in [-0.3, -0.25) is 4.79 Å². The molecule has 0 bridgehead atoms. The number of benzene rings is 2. The Morgan fingerprint density at radius 3 is 2.80 bits per heavy atom. The fourth-order valence-electron chi connectivity index (χ4n) is 2.36. The molecule has 0 unspecified atom stereocenters. The first kappa shape index (κ1) is 12.9. The van der Waals surface area contributed by atoms with Crippen molar-refractivity contribution in [2.24, 2.45) is 0 Å². The quantitative estimate of drug-likeness (QED) is 0.864. The Morgan fingerprint density at radius 1 is 1.25 bits per heavy atom. The second kappa shape index (κ2) is 4.80. The monoisotopic (exact) mass is 290 g/mol. The lowest BCUT2D eigenvalue weighted by atomic mass is 10.1. The third kappa shape index (κ3) is 2.23. The molecule has 1 amide bonds. The number of fused-ring (bicyclic) bond motifs is 1. The first-order valence-corrected chi connectivity index (χ1v) is 6.55. The normalized spacial score (nSPS) is 13.7. The third-order valence-electron chi connectivity index (χ3n) is 3.39. The van der Waals surface area contributed by atoms with Crippen molar-refractivity contribution in [3.05, 3.63) is 58.4 Å². The van der Waals surface area contributed by atoms with Crippen LogP contribution in [-0.4, -0.2) is 5.91 Å². The summed E-state index contributed by atoms with van der Waals surface area (Å²) < 4.78 is 13.5. The van der Waals surface area contributed by atoms with Crippen LogP contribution in [0.15, 0.2) is 36.4 Å². The third-order valence-corrected chi connectivity index (χ3v) is 3.62. The van der Waals surface area contributed by atoms with E-state index >= 15 is 0 Å². The number of amides is 1. The van der Waals surface area contributed by atoms with E-state index in [4.69, 9.17) is 17.3 Å². The molecule has 2 N–H and O–H groups in total. The molecule has 0 radical (unpaired) electrons. The number of hydrogen-bond acceptors (Lipinski definition) is 2. The van der Waals surface area contributed by atoms with Crippen molar-refractivity contribution in [2.75, 3.05) is 10.6 Å². The fourth-order valence-corrected chi connectivity index (χ4v) is 2.52. The maximum absolute atomic E-state index is 13.5. The van der Waals surface area contributed by atoms with Crippen LogP contribution in [0.2, 0.25) is 5.02 Å². The predicted molar refractivity (Wildman–Crippen MR) is 77.2 cm³/mol. The van der Waals surface area contributed by atoms with E-state index < -0.39 is 5.82 Å². The predicted octanol–water partition coefficient (Wildman–Crippen LogP) is 3.15. The number of halogens is 2. The lowest BCUT2D eigenvalue weighted by molar-refractivity contribution is -0.117. The van der Waals surface area contributed by atoms with Gasteiger partial charge in [-0.15, -0.1) is 0 Å². The van der Waals surface area contributed by atoms with E-state index in [-0.39, 0.29) is 11.6 Å². The van der Waals surface area contributed by atoms with E-state index in [1.54, 1.807) is 23.1 Å². The minimum Gasteiger partial charge on any atom is -0.396 e. The van der Waals surface area contributed by atoms with E-state index in [9.17, 15) is 9.18 Å². The van der Waals surface area contributed by atoms with Crippen LogP contribution in [0.4, 0.5) is 15.8 Å². The van der Waals surface area contributed by atoms with Gasteiger partial charge in [-0.1, -0.05) is 23.7 Å². The molecular formula is C15H12ClFN2O. The summed E-state index contributed by atoms with van der Waals surface area (Å²) in [5.41, 5.74) is 7.97. The Labute approximate surface area is 120 Å². The van der Waals surface area contributed by atoms with Crippen LogP contribution >= 0.6 is 11.6 Å². The molecule has 1 heterocycles. The fraction of sp³-hybridized carbons (Fsp3) is 0.133. The maximum atomic E-state index is 13.5. The standard InChI is InChI=1S/C15H12ClFN2O/c16-11-3-2-10-6-15(20)19(14(10)7-11)8-9-1-4-13(18)12(17)5-9/h1-5,7H,6,8,18H2. The molecule has 0 fully saturated rings. The molecule has 3 nitrogen and oxygen atoms in total. The minimum atomic E-state index is -0.472. The van der Waals surface area contributed by atoms with E-state index in [1.807, 2.05) is 6.07 Å². The van der Waals surface area contributed by atoms with E-state index in [0.717, 1.165) is 11.3 Å². The Kier molecular flexibility index (Phi) is 3.10. The van der Waals surface area contributed by atoms with Crippen molar-refractivity contribution in [1.82, 2.24) is 0 Å². The Hall–Kier alpha value is -2.07. The van der Waals surface area contributed by atoms with Gasteiger partial charge in [0.25, 0.3) is 0 Å². The summed E-state index contributed by atoms with van der Waals surface area (Å²) in [4.78, 5) is 13.7. The lowest BCUT2D eigenvalue weighted by Gasteiger charge is -2.18. The van der Waals surface area contributed by atoms with Crippen LogP contribution in [0.3, 0.4) is 0 Å². The number of rotatable bonds is 2. The average Bonchev–Trinajstić information content (AvgIpc) is 2.70. The Balaban J connectivity index is 1.93. The van der Waals surface area contributed by atoms with Gasteiger partial charge in [-0.05, 0) is 35.4 Å². The van der Waals surface area contributed by atoms with E-state index in [1.165, 1.54) is 12.1 Å². The summed E-state index contributed by atoms with van der Waals surface area (Å²) >= 11 is 5.97. The zero-order chi connectivity index (χ0) is 14.3. The Bertz CT molecular complexity index is 702. The molecule has 102 valence electrons. The molecule has 0 saturated heterocycles. The van der Waals surface area contributed by atoms with E-state index in [0.29, 0.717) is 23.6 Å². The number of carbonyl (C=O) groups excluding carboxylic acids is 1.